The summed E-state index contributed by atoms with van der Waals surface area (Å²) in [6.07, 6.45) is 4.98. The minimum atomic E-state index is -0.949. The summed E-state index contributed by atoms with van der Waals surface area (Å²) in [4.78, 5) is 52.2. The summed E-state index contributed by atoms with van der Waals surface area (Å²) in [6.45, 7) is 0. The van der Waals surface area contributed by atoms with Gasteiger partial charge in [0.15, 0.2) is 0 Å². The smallest absolute Gasteiger partial charge is 0.303 e. The van der Waals surface area contributed by atoms with Crippen molar-refractivity contribution in [3.8, 4) is 71.5 Å². The van der Waals surface area contributed by atoms with Gasteiger partial charge in [0.1, 0.15) is 5.76 Å². The average Bonchev–Trinajstić information content (AvgIpc) is 3.61. The molecular weight excluding hydrogens is 922 g/mol. The third kappa shape index (κ3) is 7.67. The lowest BCUT2D eigenvalue weighted by Gasteiger charge is -2.18. The van der Waals surface area contributed by atoms with Crippen LogP contribution < -0.4 is 4.90 Å². The Balaban J connectivity index is -0.000000493. The number of aromatic nitrogens is 1. The fraction of sp³-hybridized carbons (Fsp3) is 0. The number of ketones is 1. The molecule has 2 amide bonds. The van der Waals surface area contributed by atoms with Gasteiger partial charge >= 0.3 is 5.90 Å². The largest absolute Gasteiger partial charge is 0.506 e. The molecule has 1 aliphatic carbocycles. The van der Waals surface area contributed by atoms with Crippen LogP contribution in [0.3, 0.4) is 0 Å². The van der Waals surface area contributed by atoms with Crippen LogP contribution in [0, 0.1) is 77.0 Å². The number of pyridine rings is 1. The molecule has 6 rings (SSSR count). The molecule has 18 heteroatoms. The van der Waals surface area contributed by atoms with Crippen molar-refractivity contribution in [2.45, 2.75) is 4.90 Å². The number of hydrogen-bond acceptors (Lipinski definition) is 9. The predicted octanol–water partition coefficient (Wildman–Crippen LogP) is 13.7. The van der Waals surface area contributed by atoms with E-state index in [9.17, 15) is 19.5 Å². The summed E-state index contributed by atoms with van der Waals surface area (Å²) in [5.74, 6) is 21.9. The molecule has 0 saturated carbocycles. The van der Waals surface area contributed by atoms with Gasteiger partial charge in [-0.3, -0.25) is 24.7 Å². The number of terminal acetylenes is 1. The number of benzene rings is 3. The topological polar surface area (TPSA) is 130 Å². The molecule has 9 nitrogen and oxygen atoms in total. The second-order valence-electron chi connectivity index (χ2n) is 10.7. The minimum Gasteiger partial charge on any atom is -0.506 e. The number of anilines is 1. The number of rotatable bonds is 5. The molecule has 0 saturated heterocycles. The number of aliphatic hydroxyl groups excluding tert-OH is 1. The van der Waals surface area contributed by atoms with Crippen molar-refractivity contribution >= 4 is 156 Å². The Morgan fingerprint density at radius 3 is 1.79 bits per heavy atom. The summed E-state index contributed by atoms with van der Waals surface area (Å²) in [5, 5.41) is 17.4. The molecule has 0 radical (unpaired) electrons. The Kier molecular flexibility index (Phi) is 12.5. The van der Waals surface area contributed by atoms with E-state index in [1.807, 2.05) is 0 Å². The highest BCUT2D eigenvalue weighted by Crippen LogP contribution is 2.51. The second kappa shape index (κ2) is 17.2. The first-order valence-electron chi connectivity index (χ1n) is 14.8. The van der Waals surface area contributed by atoms with Crippen molar-refractivity contribution in [1.82, 2.24) is 4.98 Å². The van der Waals surface area contributed by atoms with E-state index in [0.717, 1.165) is 4.90 Å². The van der Waals surface area contributed by atoms with Crippen molar-refractivity contribution in [3.63, 3.8) is 0 Å². The number of hydrogen-bond donors (Lipinski definition) is 2. The molecule has 0 fully saturated rings. The van der Waals surface area contributed by atoms with E-state index in [1.54, 1.807) is 0 Å². The standard InChI is InChI=1S/C39H7Cl8N3O6S.13H2/c1-2-3-4-5-6-7-8-9-10-11-12-21(48)55-56-57-18-15-17-13-14-19(22-36(51)23-24(37(22)52)28(41)32(45)31(44)27(23)40)49-35(17)20(16-18)50-38(53)25-26(39(50)54)30(43)34(47)33(46)29(25)42;;;;;;;;;;;;;/h1,13-16,48,51H;13*1H. The van der Waals surface area contributed by atoms with Gasteiger partial charge in [0.2, 0.25) is 5.78 Å². The number of allylic oxidation sites excluding steroid dienone is 1. The highest BCUT2D eigenvalue weighted by molar-refractivity contribution is 7.94. The fourth-order valence-electron chi connectivity index (χ4n) is 5.23. The van der Waals surface area contributed by atoms with E-state index in [4.69, 9.17) is 114 Å². The monoisotopic (exact) mass is 951 g/mol. The van der Waals surface area contributed by atoms with Crippen LogP contribution in [0.1, 0.15) is 60.9 Å². The van der Waals surface area contributed by atoms with Gasteiger partial charge in [0, 0.05) is 34.7 Å². The number of carbonyl (C=O) groups excluding carboxylic acids is 3. The zero-order valence-electron chi connectivity index (χ0n) is 27.2. The van der Waals surface area contributed by atoms with Crippen LogP contribution in [0.2, 0.25) is 40.2 Å². The van der Waals surface area contributed by atoms with Gasteiger partial charge in [-0.25, -0.2) is 9.88 Å². The maximum Gasteiger partial charge on any atom is 0.303 e. The highest BCUT2D eigenvalue weighted by atomic mass is 35.5. The Labute approximate surface area is 385 Å². The number of Topliss-reactive ketones (excluding diaryl/α,β-unsaturated/α-hetero) is 1. The first-order valence-corrected chi connectivity index (χ1v) is 18.6. The van der Waals surface area contributed by atoms with E-state index < -0.39 is 29.3 Å². The zero-order chi connectivity index (χ0) is 41.3. The Morgan fingerprint density at radius 2 is 1.23 bits per heavy atom. The number of carbonyl (C=O) groups is 3. The van der Waals surface area contributed by atoms with Crippen LogP contribution in [0.15, 0.2) is 29.2 Å². The summed E-state index contributed by atoms with van der Waals surface area (Å²) in [6, 6.07) is 5.68. The lowest BCUT2D eigenvalue weighted by molar-refractivity contribution is -0.0936. The first-order chi connectivity index (χ1) is 27.2. The molecule has 3 aromatic carbocycles. The van der Waals surface area contributed by atoms with E-state index in [-0.39, 0.29) is 114 Å². The van der Waals surface area contributed by atoms with Crippen molar-refractivity contribution in [2.24, 2.45) is 0 Å². The molecule has 0 bridgehead atoms. The quantitative estimate of drug-likeness (QED) is 0.0233. The van der Waals surface area contributed by atoms with Crippen LogP contribution in [0.4, 0.5) is 5.69 Å². The summed E-state index contributed by atoms with van der Waals surface area (Å²) < 4.78 is 5.14. The van der Waals surface area contributed by atoms with E-state index >= 15 is 0 Å². The van der Waals surface area contributed by atoms with E-state index in [0.29, 0.717) is 12.0 Å². The second-order valence-corrected chi connectivity index (χ2v) is 14.5. The number of imide groups is 1. The van der Waals surface area contributed by atoms with Crippen LogP contribution in [0.5, 0.6) is 0 Å². The molecule has 0 spiro atoms. The average molecular weight is 955 g/mol. The van der Waals surface area contributed by atoms with Gasteiger partial charge in [0.05, 0.1) is 96.9 Å². The lowest BCUT2D eigenvalue weighted by Crippen LogP contribution is -2.30. The zero-order valence-corrected chi connectivity index (χ0v) is 34.1. The van der Waals surface area contributed by atoms with Crippen molar-refractivity contribution in [2.75, 3.05) is 4.90 Å². The predicted molar refractivity (Wildman–Crippen MR) is 251 cm³/mol. The third-order valence-corrected chi connectivity index (χ3v) is 11.7. The van der Waals surface area contributed by atoms with Crippen molar-refractivity contribution < 1.29 is 47.3 Å². The number of halogens is 8. The third-order valence-electron chi connectivity index (χ3n) is 7.53. The minimum absolute atomic E-state index is 0. The summed E-state index contributed by atoms with van der Waals surface area (Å²) >= 11 is 51.0. The van der Waals surface area contributed by atoms with Gasteiger partial charge in [-0.15, -0.1) is 10.8 Å². The molecule has 2 heterocycles. The number of nitrogens with one attached hydrogen (secondary N) is 1. The first kappa shape index (κ1) is 41.5. The molecule has 2 N–H and O–H groups in total. The molecule has 2 aliphatic rings. The lowest BCUT2D eigenvalue weighted by atomic mass is 10.0. The molecular formula is C39H33Cl8N3O6S. The molecule has 1 aromatic heterocycles. The van der Waals surface area contributed by atoms with Crippen molar-refractivity contribution in [1.29, 1.82) is 5.41 Å². The van der Waals surface area contributed by atoms with E-state index in [2.05, 4.69) is 70.1 Å². The van der Waals surface area contributed by atoms with Crippen molar-refractivity contribution in [3.05, 3.63) is 92.4 Å². The van der Waals surface area contributed by atoms with Gasteiger partial charge in [-0.05, 0) is 77.4 Å². The SMILES string of the molecule is C#CC#CC#CC#CC#CC#CC(=N)OOSc1cc(N2C(=O)c3c(Cl)c(Cl)c(Cl)c(Cl)c3C2=O)c2nc(C3=C(O)c4c(Cl)c(Cl)c(Cl)c(Cl)c4C3=O)ccc2c1.[HH].[HH].[HH].[HH].[HH].[HH].[HH].[HH].[HH].[HH].[HH].[HH].[HH]. The number of amides is 2. The number of aliphatic hydroxyl groups is 1. The Hall–Kier alpha value is -5.12. The van der Waals surface area contributed by atoms with Crippen LogP contribution >= 0.6 is 105 Å². The van der Waals surface area contributed by atoms with Gasteiger partial charge in [-0.2, -0.15) is 0 Å². The fourth-order valence-corrected chi connectivity index (χ4v) is 7.79. The van der Waals surface area contributed by atoms with Crippen LogP contribution in [-0.4, -0.2) is 33.6 Å². The molecule has 0 atom stereocenters. The maximum absolute atomic E-state index is 14.0. The Bertz CT molecular complexity index is 3030. The molecule has 1 aliphatic heterocycles. The van der Waals surface area contributed by atoms with Gasteiger partial charge < -0.3 is 5.11 Å². The summed E-state index contributed by atoms with van der Waals surface area (Å²) in [5.41, 5.74) is -1.70. The normalized spacial score (nSPS) is 12.1. The van der Waals surface area contributed by atoms with E-state index in [1.165, 1.54) is 24.3 Å². The van der Waals surface area contributed by atoms with Crippen LogP contribution in [-0.2, 0) is 9.22 Å². The van der Waals surface area contributed by atoms with Gasteiger partial charge in [0.25, 0.3) is 11.8 Å². The molecule has 4 aromatic rings. The molecule has 302 valence electrons. The number of fused-ring (bicyclic) bond motifs is 3. The number of nitrogens with zero attached hydrogens (tertiary/aromatic N) is 2. The van der Waals surface area contributed by atoms with Gasteiger partial charge in [-0.1, -0.05) is 98.9 Å². The molecule has 57 heavy (non-hydrogen) atoms. The molecule has 0 unspecified atom stereocenters. The highest BCUT2D eigenvalue weighted by Gasteiger charge is 2.44. The maximum atomic E-state index is 14.0. The van der Waals surface area contributed by atoms with Crippen LogP contribution in [0.25, 0.3) is 22.2 Å². The Morgan fingerprint density at radius 1 is 0.719 bits per heavy atom. The summed E-state index contributed by atoms with van der Waals surface area (Å²) in [7, 11) is 0.